The first-order valence-corrected chi connectivity index (χ1v) is 7.71. The van der Waals surface area contributed by atoms with Gasteiger partial charge in [0, 0.05) is 36.8 Å². The molecule has 1 aromatic heterocycles. The van der Waals surface area contributed by atoms with Gasteiger partial charge in [0.2, 0.25) is 0 Å². The molecule has 0 radical (unpaired) electrons. The Kier molecular flexibility index (Phi) is 4.13. The largest absolute Gasteiger partial charge is 0.481 e. The van der Waals surface area contributed by atoms with Crippen molar-refractivity contribution in [2.75, 3.05) is 13.1 Å². The summed E-state index contributed by atoms with van der Waals surface area (Å²) in [6, 6.07) is 7.68. The predicted molar refractivity (Wildman–Crippen MR) is 83.8 cm³/mol. The van der Waals surface area contributed by atoms with E-state index in [9.17, 15) is 9.59 Å². The van der Waals surface area contributed by atoms with Gasteiger partial charge in [0.05, 0.1) is 0 Å². The maximum absolute atomic E-state index is 12.6. The molecule has 1 atom stereocenters. The average molecular weight is 300 g/mol. The van der Waals surface area contributed by atoms with Crippen molar-refractivity contribution in [3.63, 3.8) is 0 Å². The smallest absolute Gasteiger partial charge is 0.303 e. The second-order valence-electron chi connectivity index (χ2n) is 5.97. The van der Waals surface area contributed by atoms with E-state index in [1.807, 2.05) is 35.4 Å². The van der Waals surface area contributed by atoms with E-state index < -0.39 is 5.97 Å². The summed E-state index contributed by atoms with van der Waals surface area (Å²) >= 11 is 0. The van der Waals surface area contributed by atoms with Gasteiger partial charge in [-0.25, -0.2) is 0 Å². The average Bonchev–Trinajstić information content (AvgIpc) is 3.00. The Labute approximate surface area is 128 Å². The lowest BCUT2D eigenvalue weighted by atomic mass is 9.93. The first kappa shape index (κ1) is 14.6. The summed E-state index contributed by atoms with van der Waals surface area (Å²) in [5.74, 6) is -0.430. The Bertz CT molecular complexity index is 692. The maximum atomic E-state index is 12.6. The van der Waals surface area contributed by atoms with Crippen LogP contribution in [-0.4, -0.2) is 40.0 Å². The van der Waals surface area contributed by atoms with E-state index >= 15 is 0 Å². The topological polar surface area (TPSA) is 73.4 Å². The highest BCUT2D eigenvalue weighted by molar-refractivity contribution is 5.98. The quantitative estimate of drug-likeness (QED) is 0.912. The Balaban J connectivity index is 1.69. The molecule has 116 valence electrons. The Morgan fingerprint density at radius 1 is 1.32 bits per heavy atom. The van der Waals surface area contributed by atoms with Crippen LogP contribution in [0, 0.1) is 5.92 Å². The molecule has 5 heteroatoms. The summed E-state index contributed by atoms with van der Waals surface area (Å²) in [4.78, 5) is 28.3. The number of hydrogen-bond acceptors (Lipinski definition) is 2. The third kappa shape index (κ3) is 3.13. The summed E-state index contributed by atoms with van der Waals surface area (Å²) in [7, 11) is 0. The number of nitrogens with one attached hydrogen (secondary N) is 1. The van der Waals surface area contributed by atoms with Crippen molar-refractivity contribution in [1.29, 1.82) is 0 Å². The Morgan fingerprint density at radius 3 is 3.00 bits per heavy atom. The predicted octanol–water partition coefficient (Wildman–Crippen LogP) is 2.88. The minimum Gasteiger partial charge on any atom is -0.481 e. The van der Waals surface area contributed by atoms with Crippen LogP contribution in [0.4, 0.5) is 0 Å². The lowest BCUT2D eigenvalue weighted by molar-refractivity contribution is -0.137. The molecule has 2 aromatic rings. The van der Waals surface area contributed by atoms with Crippen molar-refractivity contribution >= 4 is 22.8 Å². The number of carbonyl (C=O) groups is 2. The summed E-state index contributed by atoms with van der Waals surface area (Å²) in [6.45, 7) is 1.42. The van der Waals surface area contributed by atoms with Crippen LogP contribution in [0.25, 0.3) is 10.9 Å². The van der Waals surface area contributed by atoms with Crippen LogP contribution in [0.2, 0.25) is 0 Å². The SMILES string of the molecule is O=C(O)CC[C@@H]1CCCN(C(=O)c2ccc3cc[nH]c3c2)C1. The molecule has 0 unspecified atom stereocenters. The van der Waals surface area contributed by atoms with Gasteiger partial charge < -0.3 is 15.0 Å². The third-order valence-corrected chi connectivity index (χ3v) is 4.37. The van der Waals surface area contributed by atoms with Gasteiger partial charge in [-0.05, 0) is 48.8 Å². The fourth-order valence-corrected chi connectivity index (χ4v) is 3.18. The van der Waals surface area contributed by atoms with Crippen molar-refractivity contribution in [3.05, 3.63) is 36.0 Å². The zero-order chi connectivity index (χ0) is 15.5. The fraction of sp³-hybridized carbons (Fsp3) is 0.412. The highest BCUT2D eigenvalue weighted by Crippen LogP contribution is 2.23. The molecule has 0 saturated carbocycles. The monoisotopic (exact) mass is 300 g/mol. The van der Waals surface area contributed by atoms with Gasteiger partial charge in [-0.1, -0.05) is 6.07 Å². The second-order valence-corrected chi connectivity index (χ2v) is 5.97. The molecule has 5 nitrogen and oxygen atoms in total. The number of carboxylic acid groups (broad SMARTS) is 1. The lowest BCUT2D eigenvalue weighted by Gasteiger charge is -2.32. The molecule has 1 aliphatic heterocycles. The number of amides is 1. The van der Waals surface area contributed by atoms with Gasteiger partial charge >= 0.3 is 5.97 Å². The molecule has 0 aliphatic carbocycles. The van der Waals surface area contributed by atoms with Crippen LogP contribution < -0.4 is 0 Å². The number of rotatable bonds is 4. The van der Waals surface area contributed by atoms with Crippen molar-refractivity contribution in [2.24, 2.45) is 5.92 Å². The number of aromatic nitrogens is 1. The highest BCUT2D eigenvalue weighted by Gasteiger charge is 2.25. The van der Waals surface area contributed by atoms with Crippen molar-refractivity contribution in [3.8, 4) is 0 Å². The molecule has 3 rings (SSSR count). The van der Waals surface area contributed by atoms with Crippen LogP contribution in [-0.2, 0) is 4.79 Å². The molecule has 22 heavy (non-hydrogen) atoms. The molecular weight excluding hydrogens is 280 g/mol. The standard InChI is InChI=1S/C17H20N2O3/c20-16(21)6-3-12-2-1-9-19(11-12)17(22)14-5-4-13-7-8-18-15(13)10-14/h4-5,7-8,10,12,18H,1-3,6,9,11H2,(H,20,21)/t12-/m0/s1. The molecule has 1 aromatic carbocycles. The molecule has 0 spiro atoms. The molecule has 2 heterocycles. The number of aromatic amines is 1. The normalized spacial score (nSPS) is 18.5. The van der Waals surface area contributed by atoms with E-state index in [-0.39, 0.29) is 12.3 Å². The summed E-state index contributed by atoms with van der Waals surface area (Å²) in [5.41, 5.74) is 1.65. The number of piperidine rings is 1. The third-order valence-electron chi connectivity index (χ3n) is 4.37. The lowest BCUT2D eigenvalue weighted by Crippen LogP contribution is -2.40. The van der Waals surface area contributed by atoms with Gasteiger partial charge in [0.15, 0.2) is 0 Å². The Morgan fingerprint density at radius 2 is 2.18 bits per heavy atom. The number of fused-ring (bicyclic) bond motifs is 1. The number of benzene rings is 1. The van der Waals surface area contributed by atoms with Crippen LogP contribution in [0.1, 0.15) is 36.0 Å². The Hall–Kier alpha value is -2.30. The van der Waals surface area contributed by atoms with E-state index in [0.29, 0.717) is 24.4 Å². The summed E-state index contributed by atoms with van der Waals surface area (Å²) in [5, 5.41) is 9.89. The van der Waals surface area contributed by atoms with Crippen LogP contribution in [0.15, 0.2) is 30.5 Å². The second kappa shape index (κ2) is 6.22. The van der Waals surface area contributed by atoms with E-state index in [0.717, 1.165) is 30.3 Å². The zero-order valence-electron chi connectivity index (χ0n) is 12.4. The minimum absolute atomic E-state index is 0.0384. The number of carboxylic acids is 1. The number of likely N-dealkylation sites (tertiary alicyclic amines) is 1. The van der Waals surface area contributed by atoms with Crippen molar-refractivity contribution in [2.45, 2.75) is 25.7 Å². The van der Waals surface area contributed by atoms with Crippen molar-refractivity contribution < 1.29 is 14.7 Å². The zero-order valence-corrected chi connectivity index (χ0v) is 12.4. The first-order valence-electron chi connectivity index (χ1n) is 7.71. The first-order chi connectivity index (χ1) is 10.6. The van der Waals surface area contributed by atoms with E-state index in [2.05, 4.69) is 4.98 Å². The van der Waals surface area contributed by atoms with E-state index in [4.69, 9.17) is 5.11 Å². The van der Waals surface area contributed by atoms with Gasteiger partial charge in [0.1, 0.15) is 0 Å². The molecule has 2 N–H and O–H groups in total. The van der Waals surface area contributed by atoms with E-state index in [1.54, 1.807) is 0 Å². The molecule has 1 aliphatic rings. The van der Waals surface area contributed by atoms with Gasteiger partial charge in [-0.15, -0.1) is 0 Å². The maximum Gasteiger partial charge on any atom is 0.303 e. The van der Waals surface area contributed by atoms with E-state index in [1.165, 1.54) is 0 Å². The molecule has 0 bridgehead atoms. The van der Waals surface area contributed by atoms with Gasteiger partial charge in [-0.3, -0.25) is 9.59 Å². The number of H-pyrrole nitrogens is 1. The van der Waals surface area contributed by atoms with Gasteiger partial charge in [0.25, 0.3) is 5.91 Å². The van der Waals surface area contributed by atoms with Crippen molar-refractivity contribution in [1.82, 2.24) is 9.88 Å². The number of nitrogens with zero attached hydrogens (tertiary/aromatic N) is 1. The van der Waals surface area contributed by atoms with Crippen LogP contribution in [0.3, 0.4) is 0 Å². The molecule has 1 amide bonds. The fourth-order valence-electron chi connectivity index (χ4n) is 3.18. The highest BCUT2D eigenvalue weighted by atomic mass is 16.4. The number of aliphatic carboxylic acids is 1. The van der Waals surface area contributed by atoms with Crippen LogP contribution >= 0.6 is 0 Å². The minimum atomic E-state index is -0.763. The van der Waals surface area contributed by atoms with Gasteiger partial charge in [-0.2, -0.15) is 0 Å². The summed E-state index contributed by atoms with van der Waals surface area (Å²) < 4.78 is 0. The summed E-state index contributed by atoms with van der Waals surface area (Å²) in [6.07, 6.45) is 4.64. The van der Waals surface area contributed by atoms with Crippen LogP contribution in [0.5, 0.6) is 0 Å². The number of carbonyl (C=O) groups excluding carboxylic acids is 1. The molecule has 1 saturated heterocycles. The number of hydrogen-bond donors (Lipinski definition) is 2. The molecular formula is C17H20N2O3. The molecule has 1 fully saturated rings.